The van der Waals surface area contributed by atoms with Crippen LogP contribution in [0.25, 0.3) is 27.8 Å². The largest absolute Gasteiger partial charge is 0.460 e. The molecule has 0 spiro atoms. The Labute approximate surface area is 206 Å². The van der Waals surface area contributed by atoms with E-state index in [0.717, 1.165) is 21.7 Å². The van der Waals surface area contributed by atoms with Crippen LogP contribution in [0, 0.1) is 24.7 Å². The van der Waals surface area contributed by atoms with Crippen molar-refractivity contribution in [1.29, 1.82) is 0 Å². The Morgan fingerprint density at radius 2 is 1.97 bits per heavy atom. The molecule has 5 rings (SSSR count). The number of aliphatic hydroxyl groups is 1. The van der Waals surface area contributed by atoms with Gasteiger partial charge in [0.1, 0.15) is 6.10 Å². The van der Waals surface area contributed by atoms with Crippen LogP contribution in [0.2, 0.25) is 0 Å². The first-order chi connectivity index (χ1) is 16.6. The maximum Gasteiger partial charge on any atom is 0.339 e. The molecule has 35 heavy (non-hydrogen) atoms. The standard InChI is InChI=1S/C27H26F2N2O3S/c1-15-6-11-22(35-15)24-21(5-4-12-30-24)18-7-8-19(31-13-18)9-10-20-16(2)27(28,29)14-26(33)23(20)17(3)34-25(26)32/h4-13,16-17,20,23,33H,14H2,1-3H3/b10-9+/t16-,17+,20-,23-,26-/m0/s1. The van der Waals surface area contributed by atoms with Gasteiger partial charge in [0.15, 0.2) is 5.60 Å². The van der Waals surface area contributed by atoms with E-state index in [1.165, 1.54) is 11.8 Å². The van der Waals surface area contributed by atoms with Gasteiger partial charge >= 0.3 is 5.97 Å². The Bertz CT molecular complexity index is 1290. The molecule has 0 aromatic carbocycles. The van der Waals surface area contributed by atoms with E-state index in [9.17, 15) is 18.7 Å². The zero-order valence-electron chi connectivity index (χ0n) is 19.6. The van der Waals surface area contributed by atoms with Crippen molar-refractivity contribution in [2.75, 3.05) is 0 Å². The van der Waals surface area contributed by atoms with Gasteiger partial charge in [-0.2, -0.15) is 0 Å². The Hall–Kier alpha value is -2.97. The van der Waals surface area contributed by atoms with Gasteiger partial charge in [0.2, 0.25) is 0 Å². The fraction of sp³-hybridized carbons (Fsp3) is 0.370. The van der Waals surface area contributed by atoms with Gasteiger partial charge in [-0.05, 0) is 50.1 Å². The van der Waals surface area contributed by atoms with Crippen LogP contribution in [0.5, 0.6) is 0 Å². The van der Waals surface area contributed by atoms with Crippen LogP contribution in [-0.4, -0.2) is 38.7 Å². The summed E-state index contributed by atoms with van der Waals surface area (Å²) in [6.45, 7) is 5.15. The highest BCUT2D eigenvalue weighted by atomic mass is 32.1. The third kappa shape index (κ3) is 4.08. The van der Waals surface area contributed by atoms with E-state index >= 15 is 0 Å². The number of thiophene rings is 1. The summed E-state index contributed by atoms with van der Waals surface area (Å²) in [4.78, 5) is 23.6. The Morgan fingerprint density at radius 1 is 1.17 bits per heavy atom. The Kier molecular flexibility index (Phi) is 5.84. The second-order valence-corrected chi connectivity index (χ2v) is 10.8. The molecule has 0 amide bonds. The summed E-state index contributed by atoms with van der Waals surface area (Å²) in [6, 6.07) is 11.7. The minimum atomic E-state index is -3.20. The average Bonchev–Trinajstić information content (AvgIpc) is 3.34. The van der Waals surface area contributed by atoms with Gasteiger partial charge in [0.25, 0.3) is 5.92 Å². The van der Waals surface area contributed by atoms with Gasteiger partial charge in [-0.3, -0.25) is 9.97 Å². The average molecular weight is 497 g/mol. The van der Waals surface area contributed by atoms with Crippen LogP contribution in [0.3, 0.4) is 0 Å². The smallest absolute Gasteiger partial charge is 0.339 e. The number of esters is 1. The molecule has 1 aliphatic carbocycles. The first-order valence-electron chi connectivity index (χ1n) is 11.6. The predicted octanol–water partition coefficient (Wildman–Crippen LogP) is 5.78. The Morgan fingerprint density at radius 3 is 2.66 bits per heavy atom. The van der Waals surface area contributed by atoms with Gasteiger partial charge in [0.05, 0.1) is 22.7 Å². The van der Waals surface area contributed by atoms with Gasteiger partial charge in [-0.25, -0.2) is 13.6 Å². The fourth-order valence-electron chi connectivity index (χ4n) is 5.36. The molecule has 2 fully saturated rings. The van der Waals surface area contributed by atoms with Crippen LogP contribution in [0.15, 0.2) is 54.9 Å². The van der Waals surface area contributed by atoms with Crippen molar-refractivity contribution in [2.24, 2.45) is 17.8 Å². The highest BCUT2D eigenvalue weighted by molar-refractivity contribution is 7.15. The number of hydrogen-bond acceptors (Lipinski definition) is 6. The SMILES string of the molecule is Cc1ccc(-c2ncccc2-c2ccc(/C=C/[C@@H]3[C@@H]4[C@@H](C)OC(=O)[C@]4(O)CC(F)(F)[C@H]3C)nc2)s1. The molecule has 1 saturated heterocycles. The molecule has 5 atom stereocenters. The second kappa shape index (κ2) is 8.60. The lowest BCUT2D eigenvalue weighted by Crippen LogP contribution is -2.57. The van der Waals surface area contributed by atoms with Crippen molar-refractivity contribution in [3.8, 4) is 21.7 Å². The number of hydrogen-bond donors (Lipinski definition) is 1. The van der Waals surface area contributed by atoms with Crippen molar-refractivity contribution in [3.63, 3.8) is 0 Å². The number of ether oxygens (including phenoxy) is 1. The molecule has 3 aromatic heterocycles. The maximum absolute atomic E-state index is 14.8. The molecule has 1 N–H and O–H groups in total. The molecule has 4 heterocycles. The molecule has 182 valence electrons. The Balaban J connectivity index is 1.43. The van der Waals surface area contributed by atoms with Crippen molar-refractivity contribution in [3.05, 3.63) is 65.4 Å². The van der Waals surface area contributed by atoms with Crippen molar-refractivity contribution >= 4 is 23.4 Å². The van der Waals surface area contributed by atoms with E-state index in [-0.39, 0.29) is 0 Å². The van der Waals surface area contributed by atoms with Crippen LogP contribution in [0.1, 0.15) is 30.8 Å². The molecule has 1 saturated carbocycles. The highest BCUT2D eigenvalue weighted by Crippen LogP contribution is 2.54. The minimum absolute atomic E-state index is 0.591. The van der Waals surface area contributed by atoms with E-state index in [0.29, 0.717) is 5.69 Å². The number of pyridine rings is 2. The van der Waals surface area contributed by atoms with E-state index in [1.807, 2.05) is 24.3 Å². The number of halogens is 2. The van der Waals surface area contributed by atoms with Crippen LogP contribution in [-0.2, 0) is 9.53 Å². The van der Waals surface area contributed by atoms with Gasteiger partial charge in [0, 0.05) is 40.2 Å². The lowest BCUT2D eigenvalue weighted by Gasteiger charge is -2.45. The van der Waals surface area contributed by atoms with Crippen LogP contribution in [0.4, 0.5) is 8.78 Å². The van der Waals surface area contributed by atoms with E-state index in [4.69, 9.17) is 4.74 Å². The lowest BCUT2D eigenvalue weighted by molar-refractivity contribution is -0.193. The van der Waals surface area contributed by atoms with E-state index in [2.05, 4.69) is 29.0 Å². The number of fused-ring (bicyclic) bond motifs is 1. The first-order valence-corrected chi connectivity index (χ1v) is 12.4. The molecule has 0 radical (unpaired) electrons. The molecule has 5 nitrogen and oxygen atoms in total. The number of allylic oxidation sites excluding steroid dienone is 1. The minimum Gasteiger partial charge on any atom is -0.460 e. The number of cyclic esters (lactones) is 1. The summed E-state index contributed by atoms with van der Waals surface area (Å²) in [5, 5.41) is 10.8. The summed E-state index contributed by atoms with van der Waals surface area (Å²) in [7, 11) is 0. The van der Waals surface area contributed by atoms with E-state index in [1.54, 1.807) is 42.8 Å². The topological polar surface area (TPSA) is 72.3 Å². The van der Waals surface area contributed by atoms with Crippen LogP contribution < -0.4 is 0 Å². The maximum atomic E-state index is 14.8. The number of carbonyl (C=O) groups is 1. The van der Waals surface area contributed by atoms with Gasteiger partial charge in [-0.1, -0.05) is 25.1 Å². The molecule has 0 unspecified atom stereocenters. The molecule has 1 aliphatic heterocycles. The zero-order valence-corrected chi connectivity index (χ0v) is 20.4. The van der Waals surface area contributed by atoms with Crippen molar-refractivity contribution in [2.45, 2.75) is 44.8 Å². The monoisotopic (exact) mass is 496 g/mol. The van der Waals surface area contributed by atoms with Gasteiger partial charge in [-0.15, -0.1) is 11.3 Å². The molecule has 0 bridgehead atoms. The number of rotatable bonds is 4. The first kappa shape index (κ1) is 23.8. The van der Waals surface area contributed by atoms with Crippen molar-refractivity contribution < 1.29 is 23.4 Å². The quantitative estimate of drug-likeness (QED) is 0.464. The second-order valence-electron chi connectivity index (χ2n) is 9.51. The summed E-state index contributed by atoms with van der Waals surface area (Å²) >= 11 is 1.67. The summed E-state index contributed by atoms with van der Waals surface area (Å²) in [5.41, 5.74) is 1.14. The van der Waals surface area contributed by atoms with E-state index < -0.39 is 47.8 Å². The molecule has 3 aromatic rings. The lowest BCUT2D eigenvalue weighted by atomic mass is 9.62. The highest BCUT2D eigenvalue weighted by Gasteiger charge is 2.67. The summed E-state index contributed by atoms with van der Waals surface area (Å²) in [6.07, 6.45) is 5.25. The number of carbonyl (C=O) groups excluding carboxylic acids is 1. The van der Waals surface area contributed by atoms with Crippen molar-refractivity contribution in [1.82, 2.24) is 9.97 Å². The zero-order chi connectivity index (χ0) is 25.0. The number of aromatic nitrogens is 2. The van der Waals surface area contributed by atoms with Gasteiger partial charge < -0.3 is 9.84 Å². The van der Waals surface area contributed by atoms with Crippen LogP contribution >= 0.6 is 11.3 Å². The summed E-state index contributed by atoms with van der Waals surface area (Å²) in [5.74, 6) is -6.72. The number of nitrogens with zero attached hydrogens (tertiary/aromatic N) is 2. The fourth-order valence-corrected chi connectivity index (χ4v) is 6.24. The number of alkyl halides is 2. The molecule has 8 heteroatoms. The third-order valence-electron chi connectivity index (χ3n) is 7.24. The third-order valence-corrected chi connectivity index (χ3v) is 8.24. The number of aryl methyl sites for hydroxylation is 1. The predicted molar refractivity (Wildman–Crippen MR) is 131 cm³/mol. The summed E-state index contributed by atoms with van der Waals surface area (Å²) < 4.78 is 34.7. The molecular weight excluding hydrogens is 470 g/mol. The molecule has 2 aliphatic rings. The normalized spacial score (nSPS) is 29.8. The molecular formula is C27H26F2N2O3S.